The maximum Gasteiger partial charge on any atom is 0.247 e. The first-order valence-electron chi connectivity index (χ1n) is 11.4. The molecule has 1 amide bonds. The number of benzene rings is 2. The molecule has 0 spiro atoms. The molecule has 176 valence electrons. The van der Waals surface area contributed by atoms with Crippen molar-refractivity contribution < 1.29 is 9.53 Å². The largest absolute Gasteiger partial charge is 0.439 e. The minimum Gasteiger partial charge on any atom is -0.439 e. The lowest BCUT2D eigenvalue weighted by Crippen LogP contribution is -2.07. The van der Waals surface area contributed by atoms with Crippen LogP contribution in [0.4, 0.5) is 11.5 Å². The SMILES string of the molecule is C=CC(=O)Nc1ccc(-n2nc3ncnc4c3c2-c2ccc(Oc3cccc(C)n3)cc2CN4)cc1. The third-order valence-electron chi connectivity index (χ3n) is 5.90. The second-order valence-electron chi connectivity index (χ2n) is 8.31. The standard InChI is InChI=1S/C27H21N7O2/c1-3-22(35)32-18-7-9-19(10-8-18)34-25-21-12-11-20(36-23-6-4-5-16(2)31-23)13-17(21)14-28-26-24(25)27(33-34)30-15-29-26/h3-13,15H,1,14H2,2H3,(H,32,35)(H,28,29,30,33). The minimum atomic E-state index is -0.266. The lowest BCUT2D eigenvalue weighted by molar-refractivity contribution is -0.111. The lowest BCUT2D eigenvalue weighted by atomic mass is 10.0. The van der Waals surface area contributed by atoms with Crippen LogP contribution in [0, 0.1) is 6.92 Å². The van der Waals surface area contributed by atoms with Crippen LogP contribution >= 0.6 is 0 Å². The molecule has 1 aliphatic heterocycles. The predicted octanol–water partition coefficient (Wildman–Crippen LogP) is 5.03. The van der Waals surface area contributed by atoms with Crippen molar-refractivity contribution in [3.63, 3.8) is 0 Å². The summed E-state index contributed by atoms with van der Waals surface area (Å²) in [5.41, 5.74) is 5.86. The van der Waals surface area contributed by atoms with Crippen LogP contribution in [0.2, 0.25) is 0 Å². The van der Waals surface area contributed by atoms with Gasteiger partial charge in [0.15, 0.2) is 5.65 Å². The first kappa shape index (κ1) is 21.5. The number of nitrogens with zero attached hydrogens (tertiary/aromatic N) is 5. The molecule has 5 aromatic rings. The highest BCUT2D eigenvalue weighted by molar-refractivity contribution is 6.01. The van der Waals surface area contributed by atoms with Crippen LogP contribution in [0.25, 0.3) is 28.0 Å². The Morgan fingerprint density at radius 1 is 1.14 bits per heavy atom. The number of hydrogen-bond acceptors (Lipinski definition) is 7. The Labute approximate surface area is 206 Å². The number of rotatable bonds is 5. The van der Waals surface area contributed by atoms with Gasteiger partial charge in [0, 0.05) is 29.6 Å². The molecule has 9 nitrogen and oxygen atoms in total. The van der Waals surface area contributed by atoms with Crippen molar-refractivity contribution in [2.45, 2.75) is 13.5 Å². The van der Waals surface area contributed by atoms with E-state index in [2.05, 4.69) is 32.2 Å². The maximum absolute atomic E-state index is 11.7. The molecule has 2 aromatic carbocycles. The zero-order valence-corrected chi connectivity index (χ0v) is 19.4. The number of amides is 1. The zero-order valence-electron chi connectivity index (χ0n) is 19.4. The van der Waals surface area contributed by atoms with E-state index in [0.717, 1.165) is 39.4 Å². The number of carbonyl (C=O) groups is 1. The quantitative estimate of drug-likeness (QED) is 0.343. The van der Waals surface area contributed by atoms with Crippen LogP contribution in [0.1, 0.15) is 11.3 Å². The Kier molecular flexibility index (Phi) is 5.15. The van der Waals surface area contributed by atoms with Gasteiger partial charge in [-0.05, 0) is 67.1 Å². The van der Waals surface area contributed by atoms with Gasteiger partial charge >= 0.3 is 0 Å². The third kappa shape index (κ3) is 3.82. The molecular formula is C27H21N7O2. The molecule has 0 atom stereocenters. The van der Waals surface area contributed by atoms with Gasteiger partial charge in [0.2, 0.25) is 11.8 Å². The third-order valence-corrected chi connectivity index (χ3v) is 5.90. The summed E-state index contributed by atoms with van der Waals surface area (Å²) in [5.74, 6) is 1.69. The topological polar surface area (TPSA) is 107 Å². The van der Waals surface area contributed by atoms with Gasteiger partial charge in [-0.1, -0.05) is 12.6 Å². The zero-order chi connectivity index (χ0) is 24.6. The van der Waals surface area contributed by atoms with Gasteiger partial charge in [-0.15, -0.1) is 5.10 Å². The Bertz CT molecular complexity index is 1640. The highest BCUT2D eigenvalue weighted by Gasteiger charge is 2.25. The molecule has 0 bridgehead atoms. The van der Waals surface area contributed by atoms with E-state index >= 15 is 0 Å². The van der Waals surface area contributed by atoms with E-state index in [1.165, 1.54) is 12.4 Å². The van der Waals surface area contributed by atoms with E-state index in [1.807, 2.05) is 72.3 Å². The first-order chi connectivity index (χ1) is 17.6. The number of aryl methyl sites for hydroxylation is 1. The van der Waals surface area contributed by atoms with Gasteiger partial charge < -0.3 is 15.4 Å². The second kappa shape index (κ2) is 8.62. The molecule has 4 heterocycles. The molecule has 36 heavy (non-hydrogen) atoms. The molecule has 2 N–H and O–H groups in total. The molecular weight excluding hydrogens is 454 g/mol. The summed E-state index contributed by atoms with van der Waals surface area (Å²) in [6.07, 6.45) is 2.74. The van der Waals surface area contributed by atoms with Crippen molar-refractivity contribution in [1.82, 2.24) is 24.7 Å². The van der Waals surface area contributed by atoms with E-state index in [9.17, 15) is 4.79 Å². The average Bonchev–Trinajstić information content (AvgIpc) is 3.19. The number of anilines is 2. The van der Waals surface area contributed by atoms with Crippen LogP contribution in [-0.4, -0.2) is 30.6 Å². The van der Waals surface area contributed by atoms with E-state index in [-0.39, 0.29) is 5.91 Å². The summed E-state index contributed by atoms with van der Waals surface area (Å²) in [5, 5.41) is 11.8. The van der Waals surface area contributed by atoms with Gasteiger partial charge in [0.25, 0.3) is 0 Å². The number of nitrogens with one attached hydrogen (secondary N) is 2. The van der Waals surface area contributed by atoms with Crippen molar-refractivity contribution in [3.8, 4) is 28.6 Å². The fraction of sp³-hybridized carbons (Fsp3) is 0.0741. The molecule has 0 radical (unpaired) electrons. The minimum absolute atomic E-state index is 0.266. The van der Waals surface area contributed by atoms with Crippen LogP contribution < -0.4 is 15.4 Å². The summed E-state index contributed by atoms with van der Waals surface area (Å²) in [4.78, 5) is 25.0. The van der Waals surface area contributed by atoms with Crippen molar-refractivity contribution >= 4 is 28.4 Å². The van der Waals surface area contributed by atoms with Crippen molar-refractivity contribution in [2.24, 2.45) is 0 Å². The fourth-order valence-electron chi connectivity index (χ4n) is 4.26. The van der Waals surface area contributed by atoms with E-state index in [1.54, 1.807) is 0 Å². The highest BCUT2D eigenvalue weighted by Crippen LogP contribution is 2.40. The highest BCUT2D eigenvalue weighted by atomic mass is 16.5. The van der Waals surface area contributed by atoms with E-state index in [4.69, 9.17) is 9.84 Å². The van der Waals surface area contributed by atoms with Gasteiger partial charge in [-0.25, -0.2) is 19.6 Å². The van der Waals surface area contributed by atoms with Gasteiger partial charge in [-0.3, -0.25) is 4.79 Å². The Morgan fingerprint density at radius 3 is 2.81 bits per heavy atom. The van der Waals surface area contributed by atoms with Crippen LogP contribution in [0.3, 0.4) is 0 Å². The van der Waals surface area contributed by atoms with Crippen LogP contribution in [0.5, 0.6) is 11.6 Å². The van der Waals surface area contributed by atoms with Crippen LogP contribution in [-0.2, 0) is 11.3 Å². The van der Waals surface area contributed by atoms with E-state index < -0.39 is 0 Å². The molecule has 0 unspecified atom stereocenters. The van der Waals surface area contributed by atoms with Gasteiger partial charge in [0.05, 0.1) is 16.8 Å². The smallest absolute Gasteiger partial charge is 0.247 e. The number of pyridine rings is 1. The molecule has 0 saturated heterocycles. The van der Waals surface area contributed by atoms with Crippen molar-refractivity contribution in [3.05, 3.63) is 90.9 Å². The van der Waals surface area contributed by atoms with E-state index in [0.29, 0.717) is 29.5 Å². The molecule has 0 fully saturated rings. The predicted molar refractivity (Wildman–Crippen MR) is 137 cm³/mol. The van der Waals surface area contributed by atoms with Crippen LogP contribution in [0.15, 0.2) is 79.6 Å². The second-order valence-corrected chi connectivity index (χ2v) is 8.31. The van der Waals surface area contributed by atoms with Crippen molar-refractivity contribution in [2.75, 3.05) is 10.6 Å². The monoisotopic (exact) mass is 475 g/mol. The molecule has 3 aromatic heterocycles. The van der Waals surface area contributed by atoms with Crippen molar-refractivity contribution in [1.29, 1.82) is 0 Å². The summed E-state index contributed by atoms with van der Waals surface area (Å²) >= 11 is 0. The van der Waals surface area contributed by atoms with Gasteiger partial charge in [-0.2, -0.15) is 0 Å². The average molecular weight is 476 g/mol. The summed E-state index contributed by atoms with van der Waals surface area (Å²) in [7, 11) is 0. The number of hydrogen-bond donors (Lipinski definition) is 2. The molecule has 6 rings (SSSR count). The molecule has 1 aliphatic rings. The summed E-state index contributed by atoms with van der Waals surface area (Å²) < 4.78 is 7.89. The summed E-state index contributed by atoms with van der Waals surface area (Å²) in [6, 6.07) is 19.1. The maximum atomic E-state index is 11.7. The first-order valence-corrected chi connectivity index (χ1v) is 11.4. The molecule has 9 heteroatoms. The number of ether oxygens (including phenoxy) is 1. The summed E-state index contributed by atoms with van der Waals surface area (Å²) in [6.45, 7) is 5.98. The lowest BCUT2D eigenvalue weighted by Gasteiger charge is -2.13. The number of carbonyl (C=O) groups excluding carboxylic acids is 1. The Balaban J connectivity index is 1.45. The molecule has 0 saturated carbocycles. The Morgan fingerprint density at radius 2 is 2.00 bits per heavy atom. The normalized spacial score (nSPS) is 11.8. The Hall–Kier alpha value is -5.05. The number of aromatic nitrogens is 5. The van der Waals surface area contributed by atoms with Gasteiger partial charge in [0.1, 0.15) is 17.9 Å². The molecule has 0 aliphatic carbocycles. The fourth-order valence-corrected chi connectivity index (χ4v) is 4.26. The number of fused-ring (bicyclic) bond motifs is 2.